The van der Waals surface area contributed by atoms with Gasteiger partial charge in [-0.2, -0.15) is 0 Å². The van der Waals surface area contributed by atoms with Crippen LogP contribution in [0.2, 0.25) is 0 Å². The van der Waals surface area contributed by atoms with Crippen LogP contribution in [0.4, 0.5) is 5.82 Å². The molecule has 19 heavy (non-hydrogen) atoms. The van der Waals surface area contributed by atoms with E-state index in [-0.39, 0.29) is 6.04 Å². The van der Waals surface area contributed by atoms with Crippen molar-refractivity contribution in [3.05, 3.63) is 46.3 Å². The Bertz CT molecular complexity index is 491. The number of anilines is 1. The molecule has 102 valence electrons. The van der Waals surface area contributed by atoms with E-state index in [4.69, 9.17) is 5.73 Å². The van der Waals surface area contributed by atoms with Gasteiger partial charge >= 0.3 is 0 Å². The first-order valence-electron chi connectivity index (χ1n) is 6.54. The van der Waals surface area contributed by atoms with E-state index in [2.05, 4.69) is 53.5 Å². The number of hydrogen-bond donors (Lipinski definition) is 1. The molecular formula is C15H21N3S. The summed E-state index contributed by atoms with van der Waals surface area (Å²) in [7, 11) is 2.08. The Kier molecular flexibility index (Phi) is 4.56. The molecule has 0 bridgehead atoms. The lowest BCUT2D eigenvalue weighted by Crippen LogP contribution is -2.22. The van der Waals surface area contributed by atoms with Crippen LogP contribution in [0, 0.1) is 0 Å². The molecule has 0 aliphatic heterocycles. The molecule has 0 fully saturated rings. The fourth-order valence-electron chi connectivity index (χ4n) is 2.04. The first-order chi connectivity index (χ1) is 9.08. The molecular weight excluding hydrogens is 254 g/mol. The molecule has 2 aromatic heterocycles. The summed E-state index contributed by atoms with van der Waals surface area (Å²) < 4.78 is 0. The quantitative estimate of drug-likeness (QED) is 0.911. The van der Waals surface area contributed by atoms with Gasteiger partial charge in [0.05, 0.1) is 6.04 Å². The van der Waals surface area contributed by atoms with Gasteiger partial charge in [0.15, 0.2) is 0 Å². The van der Waals surface area contributed by atoms with E-state index < -0.39 is 0 Å². The fraction of sp³-hybridized carbons (Fsp3) is 0.400. The highest BCUT2D eigenvalue weighted by Gasteiger charge is 2.14. The minimum atomic E-state index is 0.176. The number of pyridine rings is 1. The average Bonchev–Trinajstić information content (AvgIpc) is 2.91. The molecule has 2 aromatic rings. The third kappa shape index (κ3) is 3.55. The maximum Gasteiger partial charge on any atom is 0.128 e. The minimum absolute atomic E-state index is 0.176. The summed E-state index contributed by atoms with van der Waals surface area (Å²) in [6.07, 6.45) is 2.80. The Morgan fingerprint density at radius 2 is 2.11 bits per heavy atom. The van der Waals surface area contributed by atoms with Gasteiger partial charge in [-0.3, -0.25) is 0 Å². The fourth-order valence-corrected chi connectivity index (χ4v) is 2.86. The largest absolute Gasteiger partial charge is 0.352 e. The van der Waals surface area contributed by atoms with Crippen LogP contribution in [0.1, 0.15) is 30.3 Å². The van der Waals surface area contributed by atoms with Gasteiger partial charge in [-0.05, 0) is 43.3 Å². The highest BCUT2D eigenvalue weighted by Crippen LogP contribution is 2.26. The second-order valence-electron chi connectivity index (χ2n) is 5.01. The molecule has 2 N–H and O–H groups in total. The van der Waals surface area contributed by atoms with Crippen LogP contribution < -0.4 is 10.6 Å². The Labute approximate surface area is 119 Å². The number of nitrogens with two attached hydrogens (primary N) is 1. The molecule has 4 heteroatoms. The maximum atomic E-state index is 5.80. The SMILES string of the molecule is CC(N)Cc1ccc(N(C)C(C)c2cccs2)nc1. The average molecular weight is 275 g/mol. The molecule has 3 nitrogen and oxygen atoms in total. The summed E-state index contributed by atoms with van der Waals surface area (Å²) >= 11 is 1.78. The summed E-state index contributed by atoms with van der Waals surface area (Å²) in [5.41, 5.74) is 6.99. The summed E-state index contributed by atoms with van der Waals surface area (Å²) in [5, 5.41) is 2.11. The molecule has 2 unspecified atom stereocenters. The Hall–Kier alpha value is -1.39. The first-order valence-corrected chi connectivity index (χ1v) is 7.42. The first kappa shape index (κ1) is 14.0. The topological polar surface area (TPSA) is 42.1 Å². The molecule has 2 atom stereocenters. The van der Waals surface area contributed by atoms with Gasteiger partial charge < -0.3 is 10.6 Å². The zero-order valence-corrected chi connectivity index (χ0v) is 12.5. The van der Waals surface area contributed by atoms with Gasteiger partial charge in [0.25, 0.3) is 0 Å². The van der Waals surface area contributed by atoms with Crippen LogP contribution in [0.5, 0.6) is 0 Å². The zero-order chi connectivity index (χ0) is 13.8. The monoisotopic (exact) mass is 275 g/mol. The van der Waals surface area contributed by atoms with Crippen molar-refractivity contribution in [1.82, 2.24) is 4.98 Å². The number of thiophene rings is 1. The van der Waals surface area contributed by atoms with Crippen molar-refractivity contribution in [3.8, 4) is 0 Å². The molecule has 0 saturated heterocycles. The highest BCUT2D eigenvalue weighted by atomic mass is 32.1. The molecule has 0 amide bonds. The molecule has 2 heterocycles. The normalized spacial score (nSPS) is 14.1. The second kappa shape index (κ2) is 6.17. The zero-order valence-electron chi connectivity index (χ0n) is 11.7. The number of hydrogen-bond acceptors (Lipinski definition) is 4. The van der Waals surface area contributed by atoms with Crippen LogP contribution in [0.25, 0.3) is 0 Å². The lowest BCUT2D eigenvalue weighted by atomic mass is 10.1. The van der Waals surface area contributed by atoms with Gasteiger partial charge in [0.2, 0.25) is 0 Å². The van der Waals surface area contributed by atoms with Crippen molar-refractivity contribution in [2.24, 2.45) is 5.73 Å². The van der Waals surface area contributed by atoms with Crippen molar-refractivity contribution < 1.29 is 0 Å². The van der Waals surface area contributed by atoms with E-state index in [1.54, 1.807) is 11.3 Å². The lowest BCUT2D eigenvalue weighted by Gasteiger charge is -2.25. The second-order valence-corrected chi connectivity index (χ2v) is 5.99. The molecule has 0 spiro atoms. The summed E-state index contributed by atoms with van der Waals surface area (Å²) in [6.45, 7) is 4.21. The maximum absolute atomic E-state index is 5.80. The van der Waals surface area contributed by atoms with E-state index in [1.165, 1.54) is 10.4 Å². The highest BCUT2D eigenvalue weighted by molar-refractivity contribution is 7.10. The predicted octanol–water partition coefficient (Wildman–Crippen LogP) is 3.23. The minimum Gasteiger partial charge on any atom is -0.352 e. The van der Waals surface area contributed by atoms with E-state index in [0.29, 0.717) is 6.04 Å². The van der Waals surface area contributed by atoms with Gasteiger partial charge in [-0.1, -0.05) is 12.1 Å². The molecule has 0 aliphatic carbocycles. The molecule has 0 radical (unpaired) electrons. The van der Waals surface area contributed by atoms with Crippen molar-refractivity contribution in [1.29, 1.82) is 0 Å². The van der Waals surface area contributed by atoms with Gasteiger partial charge in [0, 0.05) is 24.2 Å². The third-order valence-electron chi connectivity index (χ3n) is 3.26. The number of aromatic nitrogens is 1. The third-order valence-corrected chi connectivity index (χ3v) is 4.31. The van der Waals surface area contributed by atoms with Crippen LogP contribution in [-0.2, 0) is 6.42 Å². The number of nitrogens with zero attached hydrogens (tertiary/aromatic N) is 2. The summed E-state index contributed by atoms with van der Waals surface area (Å²) in [4.78, 5) is 8.08. The summed E-state index contributed by atoms with van der Waals surface area (Å²) in [5.74, 6) is 0.995. The van der Waals surface area contributed by atoms with Crippen LogP contribution >= 0.6 is 11.3 Å². The lowest BCUT2D eigenvalue weighted by molar-refractivity contribution is 0.726. The summed E-state index contributed by atoms with van der Waals surface area (Å²) in [6, 6.07) is 8.95. The van der Waals surface area contributed by atoms with Crippen molar-refractivity contribution >= 4 is 17.2 Å². The molecule has 2 rings (SSSR count). The Morgan fingerprint density at radius 3 is 2.63 bits per heavy atom. The van der Waals surface area contributed by atoms with Gasteiger partial charge in [0.1, 0.15) is 5.82 Å². The van der Waals surface area contributed by atoms with Crippen molar-refractivity contribution in [2.45, 2.75) is 32.4 Å². The molecule has 0 aliphatic rings. The van der Waals surface area contributed by atoms with Crippen molar-refractivity contribution in [2.75, 3.05) is 11.9 Å². The Morgan fingerprint density at radius 1 is 1.32 bits per heavy atom. The van der Waals surface area contributed by atoms with Crippen LogP contribution in [-0.4, -0.2) is 18.1 Å². The van der Waals surface area contributed by atoms with E-state index in [0.717, 1.165) is 12.2 Å². The smallest absolute Gasteiger partial charge is 0.128 e. The van der Waals surface area contributed by atoms with Gasteiger partial charge in [-0.15, -0.1) is 11.3 Å². The predicted molar refractivity (Wildman–Crippen MR) is 82.7 cm³/mol. The van der Waals surface area contributed by atoms with Crippen molar-refractivity contribution in [3.63, 3.8) is 0 Å². The van der Waals surface area contributed by atoms with E-state index >= 15 is 0 Å². The standard InChI is InChI=1S/C15H21N3S/c1-11(16)9-13-6-7-15(17-10-13)18(3)12(2)14-5-4-8-19-14/h4-8,10-12H,9,16H2,1-3H3. The number of rotatable bonds is 5. The van der Waals surface area contributed by atoms with Gasteiger partial charge in [-0.25, -0.2) is 4.98 Å². The molecule has 0 saturated carbocycles. The van der Waals surface area contributed by atoms with Crippen LogP contribution in [0.15, 0.2) is 35.8 Å². The van der Waals surface area contributed by atoms with E-state index in [1.807, 2.05) is 13.1 Å². The van der Waals surface area contributed by atoms with E-state index in [9.17, 15) is 0 Å². The Balaban J connectivity index is 2.09. The molecule has 0 aromatic carbocycles. The van der Waals surface area contributed by atoms with Crippen LogP contribution in [0.3, 0.4) is 0 Å².